The largest absolute Gasteiger partial charge is 0.416 e. The number of thioether (sulfide) groups is 1. The Balaban J connectivity index is 2.10. The van der Waals surface area contributed by atoms with Crippen molar-refractivity contribution in [1.29, 1.82) is 0 Å². The first-order valence-corrected chi connectivity index (χ1v) is 7.50. The average Bonchev–Trinajstić information content (AvgIpc) is 2.78. The predicted molar refractivity (Wildman–Crippen MR) is 78.7 cm³/mol. The van der Waals surface area contributed by atoms with E-state index in [1.165, 1.54) is 6.07 Å². The van der Waals surface area contributed by atoms with Crippen molar-refractivity contribution in [2.24, 2.45) is 4.99 Å². The van der Waals surface area contributed by atoms with Crippen molar-refractivity contribution in [3.8, 4) is 0 Å². The molecule has 110 valence electrons. The van der Waals surface area contributed by atoms with Crippen LogP contribution in [0.2, 0.25) is 5.02 Å². The molecule has 0 fully saturated rings. The van der Waals surface area contributed by atoms with Crippen LogP contribution in [0.3, 0.4) is 0 Å². The predicted octanol–water partition coefficient (Wildman–Crippen LogP) is 5.04. The van der Waals surface area contributed by atoms with E-state index in [0.29, 0.717) is 17.0 Å². The fourth-order valence-corrected chi connectivity index (χ4v) is 3.17. The Labute approximate surface area is 124 Å². The molecule has 1 aliphatic rings. The summed E-state index contributed by atoms with van der Waals surface area (Å²) >= 11 is 7.48. The summed E-state index contributed by atoms with van der Waals surface area (Å²) in [5, 5.41) is 4.17. The van der Waals surface area contributed by atoms with Gasteiger partial charge in [0.15, 0.2) is 5.17 Å². The number of benzene rings is 1. The van der Waals surface area contributed by atoms with Gasteiger partial charge in [-0.25, -0.2) is 0 Å². The number of anilines is 1. The fraction of sp³-hybridized carbons (Fsp3) is 0.462. The lowest BCUT2D eigenvalue weighted by molar-refractivity contribution is -0.137. The van der Waals surface area contributed by atoms with Crippen LogP contribution in [0.4, 0.5) is 18.9 Å². The highest BCUT2D eigenvalue weighted by atomic mass is 35.5. The molecule has 1 atom stereocenters. The summed E-state index contributed by atoms with van der Waals surface area (Å²) in [7, 11) is 0. The van der Waals surface area contributed by atoms with Crippen LogP contribution in [0.1, 0.15) is 25.3 Å². The van der Waals surface area contributed by atoms with E-state index in [-0.39, 0.29) is 10.7 Å². The number of rotatable bonds is 3. The Kier molecular flexibility index (Phi) is 4.86. The zero-order valence-electron chi connectivity index (χ0n) is 10.8. The molecule has 0 aromatic heterocycles. The molecule has 1 heterocycles. The molecule has 2 rings (SSSR count). The van der Waals surface area contributed by atoms with E-state index >= 15 is 0 Å². The van der Waals surface area contributed by atoms with Gasteiger partial charge < -0.3 is 5.32 Å². The molecule has 1 aromatic rings. The van der Waals surface area contributed by atoms with Crippen LogP contribution in [-0.4, -0.2) is 17.0 Å². The maximum atomic E-state index is 12.7. The fourth-order valence-electron chi connectivity index (χ4n) is 1.87. The molecule has 0 radical (unpaired) electrons. The Morgan fingerprint density at radius 3 is 2.85 bits per heavy atom. The smallest absolute Gasteiger partial charge is 0.334 e. The molecule has 1 aromatic carbocycles. The van der Waals surface area contributed by atoms with E-state index in [1.54, 1.807) is 11.8 Å². The van der Waals surface area contributed by atoms with Crippen LogP contribution in [0.5, 0.6) is 0 Å². The molecule has 1 aliphatic heterocycles. The van der Waals surface area contributed by atoms with Crippen molar-refractivity contribution < 1.29 is 13.2 Å². The minimum atomic E-state index is -4.38. The molecule has 0 spiro atoms. The lowest BCUT2D eigenvalue weighted by Gasteiger charge is -2.12. The van der Waals surface area contributed by atoms with Crippen LogP contribution in [0.25, 0.3) is 0 Å². The topological polar surface area (TPSA) is 24.4 Å². The lowest BCUT2D eigenvalue weighted by atomic mass is 10.2. The summed E-state index contributed by atoms with van der Waals surface area (Å²) in [4.78, 5) is 4.29. The van der Waals surface area contributed by atoms with Gasteiger partial charge in [-0.05, 0) is 24.6 Å². The number of aliphatic imine (C=N–C) groups is 1. The number of amidine groups is 1. The molecule has 1 N–H and O–H groups in total. The molecule has 0 amide bonds. The van der Waals surface area contributed by atoms with E-state index in [1.807, 2.05) is 0 Å². The standard InChI is InChI=1S/C13H14ClF3N2S/c1-2-3-9-7-18-12(20-9)19-11-6-8(13(15,16)17)4-5-10(11)14/h4-6,9H,2-3,7H2,1H3,(H,18,19). The van der Waals surface area contributed by atoms with Gasteiger partial charge in [-0.15, -0.1) is 0 Å². The van der Waals surface area contributed by atoms with Crippen LogP contribution >= 0.6 is 23.4 Å². The maximum Gasteiger partial charge on any atom is 0.416 e. The zero-order valence-corrected chi connectivity index (χ0v) is 12.4. The Morgan fingerprint density at radius 2 is 2.20 bits per heavy atom. The minimum Gasteiger partial charge on any atom is -0.334 e. The summed E-state index contributed by atoms with van der Waals surface area (Å²) < 4.78 is 38.0. The van der Waals surface area contributed by atoms with Crippen molar-refractivity contribution in [3.63, 3.8) is 0 Å². The molecule has 2 nitrogen and oxygen atoms in total. The normalized spacial score (nSPS) is 19.1. The number of hydrogen-bond acceptors (Lipinski definition) is 3. The van der Waals surface area contributed by atoms with Gasteiger partial charge in [-0.3, -0.25) is 4.99 Å². The number of alkyl halides is 3. The first-order valence-electron chi connectivity index (χ1n) is 6.25. The van der Waals surface area contributed by atoms with Gasteiger partial charge in [0, 0.05) is 5.25 Å². The molecule has 0 saturated carbocycles. The third-order valence-corrected chi connectivity index (χ3v) is 4.36. The molecule has 7 heteroatoms. The molecule has 1 unspecified atom stereocenters. The molecule has 0 bridgehead atoms. The molecular weight excluding hydrogens is 309 g/mol. The number of nitrogens with one attached hydrogen (secondary N) is 1. The minimum absolute atomic E-state index is 0.241. The summed E-state index contributed by atoms with van der Waals surface area (Å²) in [6, 6.07) is 3.23. The zero-order chi connectivity index (χ0) is 14.8. The second kappa shape index (κ2) is 6.26. The summed E-state index contributed by atoms with van der Waals surface area (Å²) in [6.07, 6.45) is -2.28. The summed E-state index contributed by atoms with van der Waals surface area (Å²) in [6.45, 7) is 2.78. The van der Waals surface area contributed by atoms with Crippen molar-refractivity contribution in [3.05, 3.63) is 28.8 Å². The highest BCUT2D eigenvalue weighted by Gasteiger charge is 2.31. The molecular formula is C13H14ClF3N2S. The summed E-state index contributed by atoms with van der Waals surface area (Å²) in [5.41, 5.74) is -0.483. The maximum absolute atomic E-state index is 12.7. The third kappa shape index (κ3) is 3.82. The molecule has 0 aliphatic carbocycles. The first-order chi connectivity index (χ1) is 9.40. The SMILES string of the molecule is CCCC1CN=C(Nc2cc(C(F)(F)F)ccc2Cl)S1. The van der Waals surface area contributed by atoms with E-state index in [4.69, 9.17) is 11.6 Å². The Hall–Kier alpha value is -0.880. The molecule has 0 saturated heterocycles. The number of halogens is 4. The van der Waals surface area contributed by atoms with Gasteiger partial charge in [-0.2, -0.15) is 13.2 Å². The average molecular weight is 323 g/mol. The van der Waals surface area contributed by atoms with E-state index in [0.717, 1.165) is 25.0 Å². The van der Waals surface area contributed by atoms with Gasteiger partial charge in [-0.1, -0.05) is 36.7 Å². The van der Waals surface area contributed by atoms with Gasteiger partial charge in [0.1, 0.15) is 0 Å². The highest BCUT2D eigenvalue weighted by molar-refractivity contribution is 8.15. The quantitative estimate of drug-likeness (QED) is 0.842. The summed E-state index contributed by atoms with van der Waals surface area (Å²) in [5.74, 6) is 0. The van der Waals surface area contributed by atoms with Crippen molar-refractivity contribution in [1.82, 2.24) is 0 Å². The Bertz CT molecular complexity index is 517. The van der Waals surface area contributed by atoms with Gasteiger partial charge in [0.05, 0.1) is 22.8 Å². The number of hydrogen-bond donors (Lipinski definition) is 1. The first kappa shape index (κ1) is 15.5. The second-order valence-corrected chi connectivity index (χ2v) is 6.19. The van der Waals surface area contributed by atoms with E-state index < -0.39 is 11.7 Å². The van der Waals surface area contributed by atoms with E-state index in [2.05, 4.69) is 17.2 Å². The number of nitrogens with zero attached hydrogens (tertiary/aromatic N) is 1. The van der Waals surface area contributed by atoms with Gasteiger partial charge >= 0.3 is 6.18 Å². The van der Waals surface area contributed by atoms with Crippen LogP contribution in [0.15, 0.2) is 23.2 Å². The monoisotopic (exact) mass is 322 g/mol. The highest BCUT2D eigenvalue weighted by Crippen LogP contribution is 2.35. The van der Waals surface area contributed by atoms with Crippen LogP contribution in [-0.2, 0) is 6.18 Å². The second-order valence-electron chi connectivity index (χ2n) is 4.49. The van der Waals surface area contributed by atoms with Gasteiger partial charge in [0.2, 0.25) is 0 Å². The lowest BCUT2D eigenvalue weighted by Crippen LogP contribution is -2.10. The van der Waals surface area contributed by atoms with Crippen LogP contribution < -0.4 is 5.32 Å². The molecule has 20 heavy (non-hydrogen) atoms. The van der Waals surface area contributed by atoms with Gasteiger partial charge in [0.25, 0.3) is 0 Å². The van der Waals surface area contributed by atoms with Crippen molar-refractivity contribution >= 4 is 34.2 Å². The Morgan fingerprint density at radius 1 is 1.45 bits per heavy atom. The third-order valence-electron chi connectivity index (χ3n) is 2.86. The van der Waals surface area contributed by atoms with Crippen molar-refractivity contribution in [2.75, 3.05) is 11.9 Å². The van der Waals surface area contributed by atoms with Crippen molar-refractivity contribution in [2.45, 2.75) is 31.2 Å². The van der Waals surface area contributed by atoms with Crippen LogP contribution in [0, 0.1) is 0 Å². The van der Waals surface area contributed by atoms with E-state index in [9.17, 15) is 13.2 Å².